The van der Waals surface area contributed by atoms with E-state index in [1.165, 1.54) is 0 Å². The molecule has 0 saturated heterocycles. The predicted octanol–water partition coefficient (Wildman–Crippen LogP) is 1.64. The van der Waals surface area contributed by atoms with E-state index in [1.54, 1.807) is 18.2 Å². The molecular formula is C17H15N5O3. The molecule has 0 atom stereocenters. The Hall–Kier alpha value is -3.81. The lowest BCUT2D eigenvalue weighted by atomic mass is 10.2. The third-order valence-electron chi connectivity index (χ3n) is 3.43. The van der Waals surface area contributed by atoms with Gasteiger partial charge in [-0.2, -0.15) is 0 Å². The minimum absolute atomic E-state index is 0.289. The summed E-state index contributed by atoms with van der Waals surface area (Å²) in [7, 11) is 0. The van der Waals surface area contributed by atoms with Crippen molar-refractivity contribution in [3.8, 4) is 0 Å². The normalized spacial score (nSPS) is 10.2. The lowest BCUT2D eigenvalue weighted by Crippen LogP contribution is -2.30. The van der Waals surface area contributed by atoms with Gasteiger partial charge in [0.25, 0.3) is 11.5 Å². The van der Waals surface area contributed by atoms with E-state index in [9.17, 15) is 14.4 Å². The summed E-state index contributed by atoms with van der Waals surface area (Å²) in [6.45, 7) is 0. The van der Waals surface area contributed by atoms with Crippen molar-refractivity contribution in [3.63, 3.8) is 0 Å². The van der Waals surface area contributed by atoms with Gasteiger partial charge < -0.3 is 21.4 Å². The quantitative estimate of drug-likeness (QED) is 0.493. The summed E-state index contributed by atoms with van der Waals surface area (Å²) >= 11 is 0. The van der Waals surface area contributed by atoms with Crippen molar-refractivity contribution >= 4 is 28.7 Å². The van der Waals surface area contributed by atoms with E-state index < -0.39 is 17.2 Å². The molecule has 0 saturated carbocycles. The van der Waals surface area contributed by atoms with E-state index >= 15 is 0 Å². The number of hydrogen-bond donors (Lipinski definition) is 5. The summed E-state index contributed by atoms with van der Waals surface area (Å²) in [6.07, 6.45) is 0. The Balaban J connectivity index is 1.90. The van der Waals surface area contributed by atoms with Gasteiger partial charge in [0.15, 0.2) is 0 Å². The summed E-state index contributed by atoms with van der Waals surface area (Å²) in [4.78, 5) is 39.5. The highest BCUT2D eigenvalue weighted by Crippen LogP contribution is 2.25. The second kappa shape index (κ2) is 6.75. The molecule has 2 aromatic carbocycles. The summed E-state index contributed by atoms with van der Waals surface area (Å²) in [6, 6.07) is 16.4. The van der Waals surface area contributed by atoms with Crippen LogP contribution in [0.15, 0.2) is 64.2 Å². The number of amides is 1. The molecule has 1 heterocycles. The molecule has 1 aromatic heterocycles. The number of nitrogens with two attached hydrogens (primary N) is 1. The van der Waals surface area contributed by atoms with Crippen LogP contribution in [0.1, 0.15) is 10.5 Å². The van der Waals surface area contributed by atoms with Crippen LogP contribution in [0.3, 0.4) is 0 Å². The van der Waals surface area contributed by atoms with Crippen LogP contribution in [-0.2, 0) is 0 Å². The van der Waals surface area contributed by atoms with Crippen LogP contribution in [0.5, 0.6) is 0 Å². The molecule has 0 aliphatic rings. The van der Waals surface area contributed by atoms with E-state index in [2.05, 4.69) is 15.6 Å². The van der Waals surface area contributed by atoms with Gasteiger partial charge in [0.1, 0.15) is 11.4 Å². The zero-order chi connectivity index (χ0) is 17.8. The van der Waals surface area contributed by atoms with Crippen molar-refractivity contribution < 1.29 is 4.79 Å². The number of carbonyl (C=O) groups is 1. The van der Waals surface area contributed by atoms with Crippen LogP contribution in [0.2, 0.25) is 0 Å². The number of hydrogen-bond acceptors (Lipinski definition) is 5. The Labute approximate surface area is 141 Å². The van der Waals surface area contributed by atoms with Gasteiger partial charge in [0, 0.05) is 5.69 Å². The first-order valence-corrected chi connectivity index (χ1v) is 7.39. The van der Waals surface area contributed by atoms with Crippen molar-refractivity contribution in [1.29, 1.82) is 0 Å². The molecule has 0 fully saturated rings. The highest BCUT2D eigenvalue weighted by atomic mass is 16.2. The van der Waals surface area contributed by atoms with E-state index in [0.29, 0.717) is 11.4 Å². The van der Waals surface area contributed by atoms with Crippen molar-refractivity contribution in [1.82, 2.24) is 9.97 Å². The predicted molar refractivity (Wildman–Crippen MR) is 96.2 cm³/mol. The molecule has 0 aliphatic carbocycles. The number of benzene rings is 2. The zero-order valence-corrected chi connectivity index (χ0v) is 13.0. The molecule has 0 aliphatic heterocycles. The molecule has 0 radical (unpaired) electrons. The van der Waals surface area contributed by atoms with Crippen molar-refractivity contribution in [2.75, 3.05) is 16.4 Å². The van der Waals surface area contributed by atoms with Crippen molar-refractivity contribution in [2.45, 2.75) is 0 Å². The SMILES string of the molecule is Nc1c(C(=O)Nc2ccccc2Nc2ccccc2)[nH]c(=O)[nH]c1=O. The molecule has 8 nitrogen and oxygen atoms in total. The van der Waals surface area contributed by atoms with Crippen LogP contribution in [-0.4, -0.2) is 15.9 Å². The summed E-state index contributed by atoms with van der Waals surface area (Å²) in [5, 5.41) is 5.82. The standard InChI is InChI=1S/C17H15N5O3/c18-13-14(21-17(25)22-15(13)23)16(24)20-12-9-5-4-8-11(12)19-10-6-2-1-3-7-10/h1-9,19H,18H2,(H,20,24)(H2,21,22,23,25). The second-order valence-electron chi connectivity index (χ2n) is 5.19. The Bertz CT molecular complexity index is 1020. The van der Waals surface area contributed by atoms with Crippen molar-refractivity contribution in [2.24, 2.45) is 0 Å². The van der Waals surface area contributed by atoms with Gasteiger partial charge in [0.2, 0.25) is 0 Å². The smallest absolute Gasteiger partial charge is 0.326 e. The second-order valence-corrected chi connectivity index (χ2v) is 5.19. The number of anilines is 4. The minimum atomic E-state index is -0.815. The minimum Gasteiger partial charge on any atom is -0.392 e. The lowest BCUT2D eigenvalue weighted by Gasteiger charge is -2.13. The van der Waals surface area contributed by atoms with Crippen LogP contribution in [0.4, 0.5) is 22.7 Å². The number of nitrogen functional groups attached to an aromatic ring is 1. The zero-order valence-electron chi connectivity index (χ0n) is 13.0. The van der Waals surface area contributed by atoms with Gasteiger partial charge in [-0.05, 0) is 24.3 Å². The molecule has 3 rings (SSSR count). The first kappa shape index (κ1) is 16.1. The molecule has 8 heteroatoms. The topological polar surface area (TPSA) is 133 Å². The molecule has 0 spiro atoms. The van der Waals surface area contributed by atoms with E-state index in [4.69, 9.17) is 5.73 Å². The lowest BCUT2D eigenvalue weighted by molar-refractivity contribution is 0.102. The maximum Gasteiger partial charge on any atom is 0.326 e. The van der Waals surface area contributed by atoms with Crippen LogP contribution < -0.4 is 27.6 Å². The summed E-state index contributed by atoms with van der Waals surface area (Å²) in [5.41, 5.74) is 5.27. The molecular weight excluding hydrogens is 322 g/mol. The third-order valence-corrected chi connectivity index (χ3v) is 3.43. The highest BCUT2D eigenvalue weighted by molar-refractivity contribution is 6.07. The molecule has 6 N–H and O–H groups in total. The average molecular weight is 337 g/mol. The fraction of sp³-hybridized carbons (Fsp3) is 0. The maximum absolute atomic E-state index is 12.4. The molecule has 1 amide bonds. The fourth-order valence-electron chi connectivity index (χ4n) is 2.24. The van der Waals surface area contributed by atoms with Crippen molar-refractivity contribution in [3.05, 3.63) is 81.1 Å². The Morgan fingerprint density at radius 2 is 1.52 bits per heavy atom. The summed E-state index contributed by atoms with van der Waals surface area (Å²) < 4.78 is 0. The number of carbonyl (C=O) groups excluding carboxylic acids is 1. The van der Waals surface area contributed by atoms with Gasteiger partial charge >= 0.3 is 5.69 Å². The van der Waals surface area contributed by atoms with Gasteiger partial charge in [0.05, 0.1) is 11.4 Å². The maximum atomic E-state index is 12.4. The van der Waals surface area contributed by atoms with Gasteiger partial charge in [-0.3, -0.25) is 14.6 Å². The molecule has 25 heavy (non-hydrogen) atoms. The van der Waals surface area contributed by atoms with Gasteiger partial charge in [-0.15, -0.1) is 0 Å². The number of aromatic nitrogens is 2. The van der Waals surface area contributed by atoms with Crippen LogP contribution in [0.25, 0.3) is 0 Å². The summed E-state index contributed by atoms with van der Waals surface area (Å²) in [5.74, 6) is -0.692. The fourth-order valence-corrected chi connectivity index (χ4v) is 2.24. The highest BCUT2D eigenvalue weighted by Gasteiger charge is 2.15. The number of rotatable bonds is 4. The number of aromatic amines is 2. The average Bonchev–Trinajstić information content (AvgIpc) is 2.60. The Kier molecular flexibility index (Phi) is 4.34. The third kappa shape index (κ3) is 3.58. The number of nitrogens with one attached hydrogen (secondary N) is 4. The van der Waals surface area contributed by atoms with Crippen LogP contribution in [0, 0.1) is 0 Å². The molecule has 0 bridgehead atoms. The van der Waals surface area contributed by atoms with Crippen LogP contribution >= 0.6 is 0 Å². The first-order valence-electron chi connectivity index (χ1n) is 7.39. The number of para-hydroxylation sites is 3. The molecule has 0 unspecified atom stereocenters. The van der Waals surface area contributed by atoms with Gasteiger partial charge in [-0.25, -0.2) is 4.79 Å². The molecule has 126 valence electrons. The largest absolute Gasteiger partial charge is 0.392 e. The Morgan fingerprint density at radius 1 is 0.880 bits per heavy atom. The Morgan fingerprint density at radius 3 is 2.24 bits per heavy atom. The molecule has 3 aromatic rings. The van der Waals surface area contributed by atoms with Gasteiger partial charge in [-0.1, -0.05) is 30.3 Å². The monoisotopic (exact) mass is 337 g/mol. The van der Waals surface area contributed by atoms with E-state index in [0.717, 1.165) is 5.69 Å². The van der Waals surface area contributed by atoms with E-state index in [1.807, 2.05) is 41.4 Å². The first-order chi connectivity index (χ1) is 12.0. The van der Waals surface area contributed by atoms with E-state index in [-0.39, 0.29) is 11.4 Å². The number of H-pyrrole nitrogens is 2.